The van der Waals surface area contributed by atoms with Crippen LogP contribution >= 0.6 is 0 Å². The molecule has 0 aromatic carbocycles. The van der Waals surface area contributed by atoms with Crippen LogP contribution in [0.2, 0.25) is 0 Å². The summed E-state index contributed by atoms with van der Waals surface area (Å²) in [7, 11) is 0. The molecule has 0 spiro atoms. The maximum Gasteiger partial charge on any atom is 0.224 e. The Morgan fingerprint density at radius 1 is 1.31 bits per heavy atom. The van der Waals surface area contributed by atoms with Crippen molar-refractivity contribution in [3.8, 4) is 0 Å². The Bertz CT molecular complexity index is 663. The second-order valence-corrected chi connectivity index (χ2v) is 8.31. The average molecular weight is 361 g/mol. The highest BCUT2D eigenvalue weighted by Crippen LogP contribution is 2.32. The Morgan fingerprint density at radius 2 is 2.04 bits per heavy atom. The summed E-state index contributed by atoms with van der Waals surface area (Å²) in [5.74, 6) is 1.37. The molecular formula is C20H32N4O2. The van der Waals surface area contributed by atoms with Gasteiger partial charge in [-0.15, -0.1) is 0 Å². The minimum atomic E-state index is 0.129. The fourth-order valence-electron chi connectivity index (χ4n) is 3.75. The Labute approximate surface area is 156 Å². The van der Waals surface area contributed by atoms with E-state index in [1.807, 2.05) is 18.7 Å². The minimum absolute atomic E-state index is 0.129. The molecule has 1 N–H and O–H groups in total. The molecule has 6 heteroatoms. The number of aromatic nitrogens is 2. The summed E-state index contributed by atoms with van der Waals surface area (Å²) in [6, 6.07) is 0.129. The number of H-pyrrole nitrogens is 1. The van der Waals surface area contributed by atoms with Gasteiger partial charge in [0.1, 0.15) is 0 Å². The summed E-state index contributed by atoms with van der Waals surface area (Å²) in [4.78, 5) is 29.5. The Morgan fingerprint density at radius 3 is 2.62 bits per heavy atom. The molecule has 6 nitrogen and oxygen atoms in total. The van der Waals surface area contributed by atoms with Gasteiger partial charge in [-0.1, -0.05) is 13.8 Å². The molecule has 1 saturated heterocycles. The number of nitrogens with zero attached hydrogens (tertiary/aromatic N) is 3. The van der Waals surface area contributed by atoms with Crippen LogP contribution in [0.15, 0.2) is 0 Å². The molecule has 2 heterocycles. The number of nitrogens with one attached hydrogen (secondary N) is 1. The van der Waals surface area contributed by atoms with Gasteiger partial charge in [-0.25, -0.2) is 0 Å². The molecule has 1 aliphatic heterocycles. The van der Waals surface area contributed by atoms with Crippen LogP contribution in [0.25, 0.3) is 0 Å². The van der Waals surface area contributed by atoms with Crippen LogP contribution in [-0.2, 0) is 16.0 Å². The third-order valence-electron chi connectivity index (χ3n) is 5.93. The molecule has 1 aliphatic carbocycles. The molecule has 3 rings (SSSR count). The smallest absolute Gasteiger partial charge is 0.224 e. The standard InChI is InChI=1S/C20H32N4O2/c1-13(2)18-12-23(10-9-20(26)24(18)11-16-5-6-16)19(25)8-7-17-14(3)15(4)21-22-17/h13,16,18H,5-12H2,1-4H3,(H,21,22)/t18-/m1/s1. The second kappa shape index (κ2) is 7.80. The van der Waals surface area contributed by atoms with Crippen LogP contribution in [0, 0.1) is 25.7 Å². The van der Waals surface area contributed by atoms with E-state index < -0.39 is 0 Å². The summed E-state index contributed by atoms with van der Waals surface area (Å²) >= 11 is 0. The summed E-state index contributed by atoms with van der Waals surface area (Å²) in [6.45, 7) is 10.4. The lowest BCUT2D eigenvalue weighted by Crippen LogP contribution is -2.48. The Kier molecular flexibility index (Phi) is 5.68. The quantitative estimate of drug-likeness (QED) is 0.847. The molecule has 144 valence electrons. The number of hydrogen-bond acceptors (Lipinski definition) is 3. The van der Waals surface area contributed by atoms with E-state index in [0.29, 0.717) is 44.2 Å². The van der Waals surface area contributed by atoms with Crippen molar-refractivity contribution in [3.05, 3.63) is 17.0 Å². The number of rotatable bonds is 6. The van der Waals surface area contributed by atoms with Crippen LogP contribution in [0.5, 0.6) is 0 Å². The Balaban J connectivity index is 1.64. The number of hydrogen-bond donors (Lipinski definition) is 1. The first-order chi connectivity index (χ1) is 12.4. The van der Waals surface area contributed by atoms with E-state index in [4.69, 9.17) is 0 Å². The first kappa shape index (κ1) is 18.9. The molecule has 0 bridgehead atoms. The number of aryl methyl sites for hydroxylation is 2. The van der Waals surface area contributed by atoms with Crippen molar-refractivity contribution < 1.29 is 9.59 Å². The van der Waals surface area contributed by atoms with Crippen molar-refractivity contribution in [1.29, 1.82) is 0 Å². The monoisotopic (exact) mass is 360 g/mol. The van der Waals surface area contributed by atoms with Crippen LogP contribution in [0.1, 0.15) is 56.5 Å². The van der Waals surface area contributed by atoms with Crippen molar-refractivity contribution in [2.24, 2.45) is 11.8 Å². The van der Waals surface area contributed by atoms with Crippen molar-refractivity contribution in [2.45, 2.75) is 65.8 Å². The lowest BCUT2D eigenvalue weighted by Gasteiger charge is -2.34. The molecular weight excluding hydrogens is 328 g/mol. The van der Waals surface area contributed by atoms with Gasteiger partial charge in [0.15, 0.2) is 0 Å². The summed E-state index contributed by atoms with van der Waals surface area (Å²) in [6.07, 6.45) is 4.02. The summed E-state index contributed by atoms with van der Waals surface area (Å²) in [5, 5.41) is 7.28. The summed E-state index contributed by atoms with van der Waals surface area (Å²) < 4.78 is 0. The van der Waals surface area contributed by atoms with Gasteiger partial charge in [0.25, 0.3) is 0 Å². The van der Waals surface area contributed by atoms with Crippen molar-refractivity contribution >= 4 is 11.8 Å². The van der Waals surface area contributed by atoms with Crippen molar-refractivity contribution in [1.82, 2.24) is 20.0 Å². The number of carbonyl (C=O) groups excluding carboxylic acids is 2. The average Bonchev–Trinajstić information content (AvgIpc) is 3.38. The van der Waals surface area contributed by atoms with Crippen molar-refractivity contribution in [3.63, 3.8) is 0 Å². The topological polar surface area (TPSA) is 69.3 Å². The van der Waals surface area contributed by atoms with E-state index in [1.165, 1.54) is 12.8 Å². The van der Waals surface area contributed by atoms with E-state index in [2.05, 4.69) is 28.9 Å². The second-order valence-electron chi connectivity index (χ2n) is 8.31. The van der Waals surface area contributed by atoms with E-state index in [1.54, 1.807) is 0 Å². The van der Waals surface area contributed by atoms with Crippen LogP contribution in [0.3, 0.4) is 0 Å². The van der Waals surface area contributed by atoms with E-state index in [9.17, 15) is 9.59 Å². The third kappa shape index (κ3) is 4.27. The zero-order valence-corrected chi connectivity index (χ0v) is 16.5. The van der Waals surface area contributed by atoms with Gasteiger partial charge < -0.3 is 9.80 Å². The summed E-state index contributed by atoms with van der Waals surface area (Å²) in [5.41, 5.74) is 3.17. The van der Waals surface area contributed by atoms with Crippen LogP contribution < -0.4 is 0 Å². The molecule has 26 heavy (non-hydrogen) atoms. The lowest BCUT2D eigenvalue weighted by molar-refractivity contribution is -0.134. The van der Waals surface area contributed by atoms with Crippen molar-refractivity contribution in [2.75, 3.05) is 19.6 Å². The zero-order chi connectivity index (χ0) is 18.8. The largest absolute Gasteiger partial charge is 0.340 e. The highest BCUT2D eigenvalue weighted by molar-refractivity contribution is 5.80. The Hall–Kier alpha value is -1.85. The number of carbonyl (C=O) groups is 2. The van der Waals surface area contributed by atoms with Gasteiger partial charge in [0.05, 0.1) is 11.7 Å². The van der Waals surface area contributed by atoms with Gasteiger partial charge in [0, 0.05) is 44.6 Å². The maximum absolute atomic E-state index is 12.8. The normalized spacial score (nSPS) is 21.4. The lowest BCUT2D eigenvalue weighted by atomic mass is 10.0. The van der Waals surface area contributed by atoms with Gasteiger partial charge in [0.2, 0.25) is 11.8 Å². The highest BCUT2D eigenvalue weighted by atomic mass is 16.2. The molecule has 1 aromatic heterocycles. The number of amides is 2. The fraction of sp³-hybridized carbons (Fsp3) is 0.750. The number of aromatic amines is 1. The molecule has 2 aliphatic rings. The first-order valence-corrected chi connectivity index (χ1v) is 9.94. The first-order valence-electron chi connectivity index (χ1n) is 9.94. The van der Waals surface area contributed by atoms with Crippen LogP contribution in [-0.4, -0.2) is 57.5 Å². The van der Waals surface area contributed by atoms with E-state index >= 15 is 0 Å². The molecule has 0 radical (unpaired) electrons. The molecule has 1 aromatic rings. The molecule has 1 saturated carbocycles. The highest BCUT2D eigenvalue weighted by Gasteiger charge is 2.36. The van der Waals surface area contributed by atoms with Gasteiger partial charge in [-0.05, 0) is 44.1 Å². The fourth-order valence-corrected chi connectivity index (χ4v) is 3.75. The molecule has 1 atom stereocenters. The molecule has 0 unspecified atom stereocenters. The van der Waals surface area contributed by atoms with Gasteiger partial charge in [-0.2, -0.15) is 5.10 Å². The maximum atomic E-state index is 12.8. The molecule has 2 fully saturated rings. The van der Waals surface area contributed by atoms with Gasteiger partial charge >= 0.3 is 0 Å². The SMILES string of the molecule is Cc1[nH]nc(CCC(=O)N2CCC(=O)N(CC3CC3)[C@@H](C(C)C)C2)c1C. The third-order valence-corrected chi connectivity index (χ3v) is 5.93. The zero-order valence-electron chi connectivity index (χ0n) is 16.5. The predicted molar refractivity (Wildman–Crippen MR) is 101 cm³/mol. The van der Waals surface area contributed by atoms with E-state index in [0.717, 1.165) is 23.5 Å². The predicted octanol–water partition coefficient (Wildman–Crippen LogP) is 2.45. The van der Waals surface area contributed by atoms with Crippen LogP contribution in [0.4, 0.5) is 0 Å². The van der Waals surface area contributed by atoms with E-state index in [-0.39, 0.29) is 17.9 Å². The minimum Gasteiger partial charge on any atom is -0.340 e. The molecule has 2 amide bonds. The van der Waals surface area contributed by atoms with Gasteiger partial charge in [-0.3, -0.25) is 14.7 Å².